The van der Waals surface area contributed by atoms with Crippen molar-refractivity contribution in [3.05, 3.63) is 0 Å². The van der Waals surface area contributed by atoms with E-state index in [1.807, 2.05) is 0 Å². The molecule has 0 N–H and O–H groups in total. The van der Waals surface area contributed by atoms with Gasteiger partial charge in [0, 0.05) is 31.0 Å². The molecular weight excluding hydrogens is 150 g/mol. The van der Waals surface area contributed by atoms with Crippen molar-refractivity contribution in [1.82, 2.24) is 4.90 Å². The van der Waals surface area contributed by atoms with Crippen LogP contribution in [-0.2, 0) is 4.79 Å². The van der Waals surface area contributed by atoms with Crippen LogP contribution in [0.5, 0.6) is 0 Å². The number of rotatable bonds is 1. The lowest BCUT2D eigenvalue weighted by molar-refractivity contribution is -0.123. The molecule has 0 bridgehead atoms. The number of hydrogen-bond acceptors (Lipinski definition) is 2. The number of carbonyl (C=O) groups excluding carboxylic acids is 1. The van der Waals surface area contributed by atoms with Gasteiger partial charge in [-0.05, 0) is 26.7 Å². The maximum atomic E-state index is 11.1. The molecule has 2 rings (SSSR count). The Labute approximate surface area is 73.9 Å². The minimum atomic E-state index is 0.447. The van der Waals surface area contributed by atoms with Crippen LogP contribution < -0.4 is 0 Å². The second-order valence-electron chi connectivity index (χ2n) is 4.53. The molecule has 2 fully saturated rings. The highest BCUT2D eigenvalue weighted by Crippen LogP contribution is 2.43. The van der Waals surface area contributed by atoms with Crippen molar-refractivity contribution in [2.75, 3.05) is 6.54 Å². The van der Waals surface area contributed by atoms with Crippen LogP contribution >= 0.6 is 0 Å². The first-order valence-electron chi connectivity index (χ1n) is 4.90. The van der Waals surface area contributed by atoms with Crippen molar-refractivity contribution >= 4 is 5.78 Å². The zero-order valence-electron chi connectivity index (χ0n) is 7.97. The minimum absolute atomic E-state index is 0.447. The summed E-state index contributed by atoms with van der Waals surface area (Å²) in [7, 11) is 0. The van der Waals surface area contributed by atoms with E-state index in [1.165, 1.54) is 12.8 Å². The molecular formula is C10H17NO. The third kappa shape index (κ3) is 1.28. The van der Waals surface area contributed by atoms with Gasteiger partial charge in [0.1, 0.15) is 5.78 Å². The predicted molar refractivity (Wildman–Crippen MR) is 48.0 cm³/mol. The van der Waals surface area contributed by atoms with Gasteiger partial charge < -0.3 is 0 Å². The lowest BCUT2D eigenvalue weighted by Gasteiger charge is -2.37. The van der Waals surface area contributed by atoms with Crippen LogP contribution in [-0.4, -0.2) is 28.8 Å². The first kappa shape index (κ1) is 8.24. The summed E-state index contributed by atoms with van der Waals surface area (Å²) in [5, 5.41) is 0. The molecule has 1 saturated heterocycles. The van der Waals surface area contributed by atoms with Gasteiger partial charge in [0.25, 0.3) is 0 Å². The van der Waals surface area contributed by atoms with Crippen LogP contribution in [0.3, 0.4) is 0 Å². The summed E-state index contributed by atoms with van der Waals surface area (Å²) in [6.07, 6.45) is 4.20. The molecule has 2 nitrogen and oxygen atoms in total. The Morgan fingerprint density at radius 1 is 1.50 bits per heavy atom. The third-order valence-electron chi connectivity index (χ3n) is 3.35. The van der Waals surface area contributed by atoms with Crippen LogP contribution in [0.15, 0.2) is 0 Å². The summed E-state index contributed by atoms with van der Waals surface area (Å²) in [4.78, 5) is 13.7. The topological polar surface area (TPSA) is 20.3 Å². The second-order valence-corrected chi connectivity index (χ2v) is 4.53. The molecule has 0 spiro atoms. The fraction of sp³-hybridized carbons (Fsp3) is 0.900. The summed E-state index contributed by atoms with van der Waals surface area (Å²) in [6, 6.07) is 0.485. The van der Waals surface area contributed by atoms with Gasteiger partial charge >= 0.3 is 0 Å². The predicted octanol–water partition coefficient (Wildman–Crippen LogP) is 1.59. The molecule has 68 valence electrons. The van der Waals surface area contributed by atoms with Crippen molar-refractivity contribution in [3.8, 4) is 0 Å². The van der Waals surface area contributed by atoms with Gasteiger partial charge in [0.2, 0.25) is 0 Å². The molecule has 1 heterocycles. The summed E-state index contributed by atoms with van der Waals surface area (Å²) in [6.45, 7) is 5.50. The summed E-state index contributed by atoms with van der Waals surface area (Å²) >= 11 is 0. The largest absolute Gasteiger partial charge is 0.300 e. The van der Waals surface area contributed by atoms with E-state index in [9.17, 15) is 4.79 Å². The van der Waals surface area contributed by atoms with Crippen molar-refractivity contribution in [2.24, 2.45) is 0 Å². The standard InChI is InChI=1S/C10H17NO/c1-8-7-9(12)3-6-11(8)10(2)4-5-10/h8H,3-7H2,1-2H3. The van der Waals surface area contributed by atoms with Crippen molar-refractivity contribution in [2.45, 2.75) is 51.1 Å². The molecule has 0 amide bonds. The van der Waals surface area contributed by atoms with Gasteiger partial charge in [-0.15, -0.1) is 0 Å². The highest BCUT2D eigenvalue weighted by Gasteiger charge is 2.46. The first-order chi connectivity index (χ1) is 5.62. The molecule has 0 radical (unpaired) electrons. The first-order valence-corrected chi connectivity index (χ1v) is 4.90. The van der Waals surface area contributed by atoms with Gasteiger partial charge in [0.05, 0.1) is 0 Å². The van der Waals surface area contributed by atoms with E-state index in [2.05, 4.69) is 18.7 Å². The average Bonchev–Trinajstić information content (AvgIpc) is 2.68. The molecule has 0 aromatic carbocycles. The molecule has 1 aliphatic carbocycles. The fourth-order valence-corrected chi connectivity index (χ4v) is 2.28. The monoisotopic (exact) mass is 167 g/mol. The number of hydrogen-bond donors (Lipinski definition) is 0. The lowest BCUT2D eigenvalue weighted by Crippen LogP contribution is -2.47. The quantitative estimate of drug-likeness (QED) is 0.591. The summed E-state index contributed by atoms with van der Waals surface area (Å²) < 4.78 is 0. The molecule has 12 heavy (non-hydrogen) atoms. The smallest absolute Gasteiger partial charge is 0.135 e. The molecule has 2 heteroatoms. The second kappa shape index (κ2) is 2.56. The number of ketones is 1. The maximum absolute atomic E-state index is 11.1. The van der Waals surface area contributed by atoms with Crippen molar-refractivity contribution in [1.29, 1.82) is 0 Å². The number of likely N-dealkylation sites (tertiary alicyclic amines) is 1. The highest BCUT2D eigenvalue weighted by atomic mass is 16.1. The van der Waals surface area contributed by atoms with Gasteiger partial charge in [0.15, 0.2) is 0 Å². The zero-order valence-corrected chi connectivity index (χ0v) is 7.97. The Kier molecular flexibility index (Phi) is 1.76. The summed E-state index contributed by atoms with van der Waals surface area (Å²) in [5.74, 6) is 0.447. The van der Waals surface area contributed by atoms with E-state index in [0.29, 0.717) is 17.4 Å². The molecule has 0 aromatic rings. The van der Waals surface area contributed by atoms with E-state index in [1.54, 1.807) is 0 Å². The number of carbonyl (C=O) groups is 1. The van der Waals surface area contributed by atoms with Crippen molar-refractivity contribution < 1.29 is 4.79 Å². The molecule has 1 atom stereocenters. The zero-order chi connectivity index (χ0) is 8.77. The Hall–Kier alpha value is -0.370. The van der Waals surface area contributed by atoms with Crippen LogP contribution in [0.1, 0.15) is 39.5 Å². The minimum Gasteiger partial charge on any atom is -0.300 e. The Bertz CT molecular complexity index is 208. The van der Waals surface area contributed by atoms with E-state index < -0.39 is 0 Å². The molecule has 2 aliphatic rings. The molecule has 1 aliphatic heterocycles. The number of nitrogens with zero attached hydrogens (tertiary/aromatic N) is 1. The van der Waals surface area contributed by atoms with Crippen LogP contribution in [0.2, 0.25) is 0 Å². The average molecular weight is 167 g/mol. The fourth-order valence-electron chi connectivity index (χ4n) is 2.28. The molecule has 1 unspecified atom stereocenters. The normalized spacial score (nSPS) is 35.2. The van der Waals surface area contributed by atoms with Crippen molar-refractivity contribution in [3.63, 3.8) is 0 Å². The van der Waals surface area contributed by atoms with E-state index in [0.717, 1.165) is 19.4 Å². The summed E-state index contributed by atoms with van der Waals surface area (Å²) in [5.41, 5.74) is 0.458. The molecule has 1 saturated carbocycles. The lowest BCUT2D eigenvalue weighted by atomic mass is 10.00. The van der Waals surface area contributed by atoms with Gasteiger partial charge in [-0.2, -0.15) is 0 Å². The Balaban J connectivity index is 2.02. The van der Waals surface area contributed by atoms with Crippen LogP contribution in [0, 0.1) is 0 Å². The van der Waals surface area contributed by atoms with E-state index >= 15 is 0 Å². The van der Waals surface area contributed by atoms with Crippen LogP contribution in [0.4, 0.5) is 0 Å². The highest BCUT2D eigenvalue weighted by molar-refractivity contribution is 5.80. The van der Waals surface area contributed by atoms with Gasteiger partial charge in [-0.3, -0.25) is 9.69 Å². The van der Waals surface area contributed by atoms with Gasteiger partial charge in [-0.25, -0.2) is 0 Å². The number of piperidine rings is 1. The Morgan fingerprint density at radius 2 is 2.17 bits per heavy atom. The van der Waals surface area contributed by atoms with Gasteiger partial charge in [-0.1, -0.05) is 0 Å². The maximum Gasteiger partial charge on any atom is 0.135 e. The third-order valence-corrected chi connectivity index (χ3v) is 3.35. The SMILES string of the molecule is CC1CC(=O)CCN1C1(C)CC1. The van der Waals surface area contributed by atoms with E-state index in [4.69, 9.17) is 0 Å². The number of Topliss-reactive ketones (excluding diaryl/α,β-unsaturated/α-hetero) is 1. The Morgan fingerprint density at radius 3 is 2.67 bits per heavy atom. The van der Waals surface area contributed by atoms with Crippen LogP contribution in [0.25, 0.3) is 0 Å². The molecule has 0 aromatic heterocycles. The van der Waals surface area contributed by atoms with E-state index in [-0.39, 0.29) is 0 Å².